The Kier molecular flexibility index (Phi) is 15.6. The molecule has 7 bridgehead atoms. The number of nitrogens with two attached hydrogens (primary N) is 2. The number of aliphatic imine (C=N–C) groups is 1. The first-order chi connectivity index (χ1) is 31.8. The fraction of sp³-hybridized carbons (Fsp3) is 0.556. The molecule has 4 aliphatic rings. The number of nitrogens with zero attached hydrogens (tertiary/aromatic N) is 3. The highest BCUT2D eigenvalue weighted by atomic mass is 16.4. The lowest BCUT2D eigenvalue weighted by Crippen LogP contribution is -2.62. The molecule has 7 amide bonds. The standard InChI is InChI=1S/C45H63N13O9/c1-7-22(6)35-42(64)55-34(21(4)5)41(63)53-30-17-26-25-11-10-23(33(20(2)3)36(43(65)56-35)57-39(61)28-12-13-32(59)50-28)15-29(25)51-37(26)58-18-24(49-19-58)16-31(44(66)67)54-38(60)27(52-40(30)62)9-8-14-48-45(46)47/h10-11,15,18-22,27-28,30-31,33-36,51H,7-9,12-14,16-17H2,1-6H3,(H,50,59)(H,52,62)(H,53,63)(H,54,60)(H,55,64)(H,56,65)(H,57,61)(H,66,67)(H4,46,47,48). The molecule has 0 spiro atoms. The molecular weight excluding hydrogens is 867 g/mol. The summed E-state index contributed by atoms with van der Waals surface area (Å²) in [6.45, 7) is 10.9. The van der Waals surface area contributed by atoms with Crippen LogP contribution in [0.2, 0.25) is 0 Å². The van der Waals surface area contributed by atoms with Crippen molar-refractivity contribution in [1.29, 1.82) is 0 Å². The smallest absolute Gasteiger partial charge is 0.326 e. The monoisotopic (exact) mass is 929 g/mol. The number of H-pyrrole nitrogens is 1. The van der Waals surface area contributed by atoms with Gasteiger partial charge in [-0.05, 0) is 48.6 Å². The molecule has 9 unspecified atom stereocenters. The number of fused-ring (bicyclic) bond motifs is 13. The summed E-state index contributed by atoms with van der Waals surface area (Å²) >= 11 is 0. The minimum absolute atomic E-state index is 0.0156. The number of nitrogens with one attached hydrogen (secondary N) is 8. The summed E-state index contributed by atoms with van der Waals surface area (Å²) in [5.41, 5.74) is 13.0. The maximum atomic E-state index is 14.8. The lowest BCUT2D eigenvalue weighted by molar-refractivity contribution is -0.142. The topological polar surface area (TPSA) is 339 Å². The van der Waals surface area contributed by atoms with Crippen LogP contribution in [-0.2, 0) is 51.2 Å². The maximum absolute atomic E-state index is 14.8. The predicted molar refractivity (Wildman–Crippen MR) is 245 cm³/mol. The van der Waals surface area contributed by atoms with Crippen LogP contribution >= 0.6 is 0 Å². The normalized spacial score (nSPS) is 25.7. The van der Waals surface area contributed by atoms with Crippen LogP contribution in [0.15, 0.2) is 35.7 Å². The molecule has 0 saturated carbocycles. The fourth-order valence-electron chi connectivity index (χ4n) is 8.95. The summed E-state index contributed by atoms with van der Waals surface area (Å²) in [5, 5.41) is 30.3. The average Bonchev–Trinajstić information content (AvgIpc) is 4.01. The highest BCUT2D eigenvalue weighted by Gasteiger charge is 2.41. The number of carbonyl (C=O) groups excluding carboxylic acids is 7. The van der Waals surface area contributed by atoms with Crippen LogP contribution in [0.3, 0.4) is 0 Å². The number of carboxylic acids is 1. The van der Waals surface area contributed by atoms with Gasteiger partial charge in [-0.2, -0.15) is 0 Å². The van der Waals surface area contributed by atoms with Gasteiger partial charge in [0.1, 0.15) is 54.4 Å². The number of imidazole rings is 1. The van der Waals surface area contributed by atoms with E-state index in [4.69, 9.17) is 11.5 Å². The second-order valence-electron chi connectivity index (χ2n) is 18.4. The molecule has 2 aromatic heterocycles. The first-order valence-corrected chi connectivity index (χ1v) is 22.8. The highest BCUT2D eigenvalue weighted by Crippen LogP contribution is 2.35. The quantitative estimate of drug-likeness (QED) is 0.0489. The van der Waals surface area contributed by atoms with E-state index in [1.807, 2.05) is 39.0 Å². The Balaban J connectivity index is 1.56. The Morgan fingerprint density at radius 1 is 0.866 bits per heavy atom. The third-order valence-electron chi connectivity index (χ3n) is 12.8. The predicted octanol–water partition coefficient (Wildman–Crippen LogP) is -0.767. The van der Waals surface area contributed by atoms with Crippen molar-refractivity contribution in [2.45, 2.75) is 135 Å². The van der Waals surface area contributed by atoms with E-state index in [-0.39, 0.29) is 62.9 Å². The third-order valence-corrected chi connectivity index (χ3v) is 12.8. The van der Waals surface area contributed by atoms with Crippen LogP contribution in [0.4, 0.5) is 0 Å². The fourth-order valence-corrected chi connectivity index (χ4v) is 8.95. The Bertz CT molecular complexity index is 2420. The Hall–Kier alpha value is -7.00. The van der Waals surface area contributed by atoms with Crippen molar-refractivity contribution in [3.8, 4) is 5.82 Å². The van der Waals surface area contributed by atoms with Gasteiger partial charge < -0.3 is 58.8 Å². The van der Waals surface area contributed by atoms with Gasteiger partial charge in [0.05, 0.1) is 5.69 Å². The van der Waals surface area contributed by atoms with E-state index in [1.54, 1.807) is 31.5 Å². The van der Waals surface area contributed by atoms with Gasteiger partial charge in [-0.15, -0.1) is 0 Å². The van der Waals surface area contributed by atoms with Gasteiger partial charge in [-0.3, -0.25) is 43.1 Å². The molecule has 362 valence electrons. The SMILES string of the molecule is CCC(C)C1NC(=O)C(NC(=O)C2CCC(=O)N2)C(C(C)C)c2ccc3c4c([nH]c3c2)-n2cnc(c2)CC(C(=O)O)NC(=O)C(CCCN=C(N)N)NC(=O)C(C4)NC(=O)C(C(C)C)NC1=O. The molecule has 4 aliphatic heterocycles. The largest absolute Gasteiger partial charge is 0.480 e. The number of hydrogen-bond donors (Lipinski definition) is 11. The minimum Gasteiger partial charge on any atom is -0.480 e. The zero-order valence-electron chi connectivity index (χ0n) is 38.6. The number of carbonyl (C=O) groups is 8. The molecule has 22 heteroatoms. The van der Waals surface area contributed by atoms with Crippen molar-refractivity contribution < 1.29 is 43.5 Å². The second kappa shape index (κ2) is 21.1. The molecule has 1 saturated heterocycles. The van der Waals surface area contributed by atoms with Gasteiger partial charge in [0.2, 0.25) is 41.4 Å². The van der Waals surface area contributed by atoms with Crippen LogP contribution in [-0.4, -0.2) is 122 Å². The first kappa shape index (κ1) is 49.4. The van der Waals surface area contributed by atoms with Gasteiger partial charge in [0, 0.05) is 54.4 Å². The van der Waals surface area contributed by atoms with E-state index in [1.165, 1.54) is 6.33 Å². The molecule has 0 radical (unpaired) electrons. The lowest BCUT2D eigenvalue weighted by Gasteiger charge is -2.34. The van der Waals surface area contributed by atoms with Crippen LogP contribution in [0.1, 0.15) is 96.4 Å². The summed E-state index contributed by atoms with van der Waals surface area (Å²) in [6, 6.07) is -3.24. The van der Waals surface area contributed by atoms with E-state index in [9.17, 15) is 43.5 Å². The molecule has 1 fully saturated rings. The Morgan fingerprint density at radius 2 is 1.58 bits per heavy atom. The molecule has 9 atom stereocenters. The number of aromatic amines is 1. The van der Waals surface area contributed by atoms with E-state index in [0.29, 0.717) is 40.0 Å². The molecule has 22 nitrogen and oxygen atoms in total. The zero-order chi connectivity index (χ0) is 48.9. The summed E-state index contributed by atoms with van der Waals surface area (Å²) < 4.78 is 1.62. The molecule has 3 aromatic rings. The van der Waals surface area contributed by atoms with Crippen molar-refractivity contribution in [3.05, 3.63) is 47.5 Å². The highest BCUT2D eigenvalue weighted by molar-refractivity contribution is 5.99. The lowest BCUT2D eigenvalue weighted by atomic mass is 9.81. The summed E-state index contributed by atoms with van der Waals surface area (Å²) in [6.07, 6.45) is 3.71. The summed E-state index contributed by atoms with van der Waals surface area (Å²) in [4.78, 5) is 123. The van der Waals surface area contributed by atoms with Gasteiger partial charge in [0.15, 0.2) is 5.96 Å². The van der Waals surface area contributed by atoms with E-state index >= 15 is 0 Å². The van der Waals surface area contributed by atoms with Crippen molar-refractivity contribution in [3.63, 3.8) is 0 Å². The van der Waals surface area contributed by atoms with E-state index in [0.717, 1.165) is 0 Å². The molecule has 6 heterocycles. The van der Waals surface area contributed by atoms with Crippen molar-refractivity contribution >= 4 is 64.2 Å². The van der Waals surface area contributed by atoms with Crippen molar-refractivity contribution in [2.75, 3.05) is 6.54 Å². The van der Waals surface area contributed by atoms with Gasteiger partial charge in [-0.1, -0.05) is 60.1 Å². The minimum atomic E-state index is -1.45. The average molecular weight is 930 g/mol. The molecule has 0 aliphatic carbocycles. The van der Waals surface area contributed by atoms with Gasteiger partial charge in [0.25, 0.3) is 0 Å². The van der Waals surface area contributed by atoms with Crippen LogP contribution < -0.4 is 48.7 Å². The number of aromatic nitrogens is 3. The number of amides is 7. The number of carboxylic acid groups (broad SMARTS) is 1. The number of benzene rings is 1. The van der Waals surface area contributed by atoms with Crippen LogP contribution in [0.5, 0.6) is 0 Å². The van der Waals surface area contributed by atoms with Crippen molar-refractivity contribution in [1.82, 2.24) is 51.8 Å². The Labute approximate surface area is 387 Å². The first-order valence-electron chi connectivity index (χ1n) is 22.8. The number of hydrogen-bond acceptors (Lipinski definition) is 10. The van der Waals surface area contributed by atoms with Gasteiger partial charge in [-0.25, -0.2) is 9.78 Å². The zero-order valence-corrected chi connectivity index (χ0v) is 38.6. The second-order valence-corrected chi connectivity index (χ2v) is 18.4. The summed E-state index contributed by atoms with van der Waals surface area (Å²) in [7, 11) is 0. The molecule has 1 aromatic carbocycles. The molecule has 67 heavy (non-hydrogen) atoms. The van der Waals surface area contributed by atoms with Gasteiger partial charge >= 0.3 is 5.97 Å². The van der Waals surface area contributed by atoms with Crippen LogP contribution in [0.25, 0.3) is 16.7 Å². The maximum Gasteiger partial charge on any atom is 0.326 e. The summed E-state index contributed by atoms with van der Waals surface area (Å²) in [5.74, 6) is -7.59. The van der Waals surface area contributed by atoms with Crippen LogP contribution in [0, 0.1) is 17.8 Å². The van der Waals surface area contributed by atoms with E-state index < -0.39 is 101 Å². The third kappa shape index (κ3) is 11.5. The number of rotatable bonds is 11. The number of aliphatic carboxylic acids is 1. The molecular formula is C45H63N13O9. The van der Waals surface area contributed by atoms with E-state index in [2.05, 4.69) is 52.2 Å². The number of guanidine groups is 1. The molecule has 13 N–H and O–H groups in total. The Morgan fingerprint density at radius 3 is 2.22 bits per heavy atom. The van der Waals surface area contributed by atoms with Crippen molar-refractivity contribution in [2.24, 2.45) is 34.2 Å². The molecule has 7 rings (SSSR count).